The molecule has 0 spiro atoms. The van der Waals surface area contributed by atoms with Crippen LogP contribution in [0.15, 0.2) is 48.8 Å². The Hall–Kier alpha value is -2.46. The predicted molar refractivity (Wildman–Crippen MR) is 76.6 cm³/mol. The van der Waals surface area contributed by atoms with Crippen molar-refractivity contribution in [2.24, 2.45) is 0 Å². The summed E-state index contributed by atoms with van der Waals surface area (Å²) in [6.07, 6.45) is 4.34. The quantitative estimate of drug-likeness (QED) is 0.681. The average Bonchev–Trinajstić information content (AvgIpc) is 2.77. The Morgan fingerprint density at radius 2 is 2.10 bits per heavy atom. The van der Waals surface area contributed by atoms with Crippen LogP contribution in [0, 0.1) is 0 Å². The lowest BCUT2D eigenvalue weighted by atomic mass is 10.0. The zero-order valence-corrected chi connectivity index (χ0v) is 11.0. The monoisotopic (exact) mass is 284 g/mol. The maximum Gasteiger partial charge on any atom is 0.256 e. The minimum atomic E-state index is -0.328. The van der Waals surface area contributed by atoms with Crippen molar-refractivity contribution in [3.05, 3.63) is 65.0 Å². The summed E-state index contributed by atoms with van der Waals surface area (Å²) >= 11 is 6.10. The highest BCUT2D eigenvalue weighted by atomic mass is 35.5. The number of carbonyl (C=O) groups excluding carboxylic acids is 2. The molecule has 0 fully saturated rings. The Kier molecular flexibility index (Phi) is 3.08. The number of ketones is 1. The molecule has 1 aromatic carbocycles. The van der Waals surface area contributed by atoms with Gasteiger partial charge in [0.2, 0.25) is 0 Å². The average molecular weight is 285 g/mol. The van der Waals surface area contributed by atoms with Crippen LogP contribution in [0.1, 0.15) is 15.9 Å². The summed E-state index contributed by atoms with van der Waals surface area (Å²) < 4.78 is 0. The third kappa shape index (κ3) is 2.10. The Bertz CT molecular complexity index is 739. The van der Waals surface area contributed by atoms with Gasteiger partial charge in [-0.2, -0.15) is 0 Å². The Morgan fingerprint density at radius 1 is 1.25 bits per heavy atom. The first-order chi connectivity index (χ1) is 9.66. The Balaban J connectivity index is 2.06. The fourth-order valence-electron chi connectivity index (χ4n) is 2.07. The van der Waals surface area contributed by atoms with Gasteiger partial charge < -0.3 is 5.32 Å². The lowest BCUT2D eigenvalue weighted by Crippen LogP contribution is -2.06. The van der Waals surface area contributed by atoms with Gasteiger partial charge in [0.25, 0.3) is 5.91 Å². The fourth-order valence-corrected chi connectivity index (χ4v) is 2.34. The minimum absolute atomic E-state index is 0.277. The minimum Gasteiger partial charge on any atom is -0.321 e. The highest BCUT2D eigenvalue weighted by Crippen LogP contribution is 2.37. The van der Waals surface area contributed by atoms with E-state index in [1.807, 2.05) is 0 Å². The molecule has 20 heavy (non-hydrogen) atoms. The van der Waals surface area contributed by atoms with Crippen molar-refractivity contribution in [3.8, 4) is 0 Å². The Morgan fingerprint density at radius 3 is 2.85 bits per heavy atom. The molecular weight excluding hydrogens is 276 g/mol. The van der Waals surface area contributed by atoms with E-state index in [-0.39, 0.29) is 17.3 Å². The molecule has 0 saturated heterocycles. The number of nitrogens with one attached hydrogen (secondary N) is 1. The van der Waals surface area contributed by atoms with Gasteiger partial charge in [-0.15, -0.1) is 0 Å². The number of nitrogens with zero attached hydrogens (tertiary/aromatic N) is 1. The van der Waals surface area contributed by atoms with Gasteiger partial charge in [0.1, 0.15) is 0 Å². The molecule has 0 aliphatic carbocycles. The number of anilines is 1. The summed E-state index contributed by atoms with van der Waals surface area (Å²) in [5.41, 5.74) is 1.89. The fraction of sp³-hybridized carbons (Fsp3) is 0. The van der Waals surface area contributed by atoms with Gasteiger partial charge in [-0.3, -0.25) is 14.6 Å². The number of allylic oxidation sites excluding steroid dienone is 1. The van der Waals surface area contributed by atoms with Gasteiger partial charge in [-0.25, -0.2) is 0 Å². The lowest BCUT2D eigenvalue weighted by molar-refractivity contribution is -0.110. The summed E-state index contributed by atoms with van der Waals surface area (Å²) in [6, 6.07) is 8.49. The summed E-state index contributed by atoms with van der Waals surface area (Å²) in [5.74, 6) is -0.610. The van der Waals surface area contributed by atoms with E-state index >= 15 is 0 Å². The number of hydrogen-bond acceptors (Lipinski definition) is 3. The first-order valence-corrected chi connectivity index (χ1v) is 6.31. The van der Waals surface area contributed by atoms with Crippen LogP contribution in [0.4, 0.5) is 5.69 Å². The number of aromatic nitrogens is 1. The molecule has 0 unspecified atom stereocenters. The van der Waals surface area contributed by atoms with Gasteiger partial charge in [0, 0.05) is 23.5 Å². The standard InChI is InChI=1S/C15H9ClN2O2/c16-11-4-1-5-12-14(11)10(15(20)18-12)7-13(19)9-3-2-6-17-8-9/h1-8H,(H,18,20)/b10-7+. The van der Waals surface area contributed by atoms with Crippen LogP contribution >= 0.6 is 11.6 Å². The van der Waals surface area contributed by atoms with Crippen LogP contribution < -0.4 is 5.32 Å². The maximum atomic E-state index is 12.1. The summed E-state index contributed by atoms with van der Waals surface area (Å²) in [5, 5.41) is 3.12. The summed E-state index contributed by atoms with van der Waals surface area (Å²) in [6.45, 7) is 0. The van der Waals surface area contributed by atoms with Crippen LogP contribution in [0.3, 0.4) is 0 Å². The van der Waals surface area contributed by atoms with E-state index in [0.717, 1.165) is 0 Å². The summed E-state index contributed by atoms with van der Waals surface area (Å²) in [4.78, 5) is 28.0. The molecule has 2 aromatic rings. The molecule has 3 rings (SSSR count). The second-order valence-corrected chi connectivity index (χ2v) is 4.69. The van der Waals surface area contributed by atoms with E-state index in [2.05, 4.69) is 10.3 Å². The first-order valence-electron chi connectivity index (χ1n) is 5.93. The molecule has 5 heteroatoms. The number of benzene rings is 1. The topological polar surface area (TPSA) is 59.1 Å². The molecule has 1 aliphatic heterocycles. The SMILES string of the molecule is O=C1Nc2cccc(Cl)c2/C1=C\C(=O)c1cccnc1. The van der Waals surface area contributed by atoms with Crippen molar-refractivity contribution >= 4 is 34.6 Å². The van der Waals surface area contributed by atoms with Gasteiger partial charge >= 0.3 is 0 Å². The molecule has 0 bridgehead atoms. The van der Waals surface area contributed by atoms with Crippen LogP contribution in [-0.4, -0.2) is 16.7 Å². The molecule has 0 saturated carbocycles. The van der Waals surface area contributed by atoms with E-state index in [9.17, 15) is 9.59 Å². The lowest BCUT2D eigenvalue weighted by Gasteiger charge is -2.01. The molecule has 1 N–H and O–H groups in total. The van der Waals surface area contributed by atoms with Gasteiger partial charge in [0.05, 0.1) is 16.3 Å². The molecule has 2 heterocycles. The molecule has 1 aromatic heterocycles. The highest BCUT2D eigenvalue weighted by molar-refractivity contribution is 6.41. The molecule has 98 valence electrons. The number of halogens is 1. The molecule has 1 amide bonds. The smallest absolute Gasteiger partial charge is 0.256 e. The van der Waals surface area contributed by atoms with Gasteiger partial charge in [-0.1, -0.05) is 17.7 Å². The number of fused-ring (bicyclic) bond motifs is 1. The zero-order valence-electron chi connectivity index (χ0n) is 10.3. The van der Waals surface area contributed by atoms with Crippen LogP contribution in [0.2, 0.25) is 5.02 Å². The van der Waals surface area contributed by atoms with Crippen molar-refractivity contribution < 1.29 is 9.59 Å². The number of amides is 1. The van der Waals surface area contributed by atoms with Crippen LogP contribution in [-0.2, 0) is 4.79 Å². The highest BCUT2D eigenvalue weighted by Gasteiger charge is 2.27. The van der Waals surface area contributed by atoms with Crippen molar-refractivity contribution in [1.82, 2.24) is 4.98 Å². The van der Waals surface area contributed by atoms with Crippen LogP contribution in [0.5, 0.6) is 0 Å². The maximum absolute atomic E-state index is 12.1. The number of hydrogen-bond donors (Lipinski definition) is 1. The van der Waals surface area contributed by atoms with Gasteiger partial charge in [-0.05, 0) is 30.3 Å². The van der Waals surface area contributed by atoms with E-state index in [1.54, 1.807) is 36.5 Å². The van der Waals surface area contributed by atoms with Crippen molar-refractivity contribution in [1.29, 1.82) is 0 Å². The zero-order chi connectivity index (χ0) is 14.1. The van der Waals surface area contributed by atoms with E-state index < -0.39 is 0 Å². The van der Waals surface area contributed by atoms with Crippen molar-refractivity contribution in [2.75, 3.05) is 5.32 Å². The van der Waals surface area contributed by atoms with Crippen molar-refractivity contribution in [3.63, 3.8) is 0 Å². The third-order valence-electron chi connectivity index (χ3n) is 3.00. The number of rotatable bonds is 2. The van der Waals surface area contributed by atoms with Crippen molar-refractivity contribution in [2.45, 2.75) is 0 Å². The third-order valence-corrected chi connectivity index (χ3v) is 3.31. The molecule has 1 aliphatic rings. The second kappa shape index (κ2) is 4.90. The Labute approximate surface area is 120 Å². The van der Waals surface area contributed by atoms with Gasteiger partial charge in [0.15, 0.2) is 5.78 Å². The molecular formula is C15H9ClN2O2. The van der Waals surface area contributed by atoms with E-state index in [4.69, 9.17) is 11.6 Å². The van der Waals surface area contributed by atoms with E-state index in [1.165, 1.54) is 12.3 Å². The number of pyridine rings is 1. The predicted octanol–water partition coefficient (Wildman–Crippen LogP) is 2.95. The normalized spacial score (nSPS) is 15.1. The molecule has 0 atom stereocenters. The number of carbonyl (C=O) groups is 2. The van der Waals surface area contributed by atoms with Crippen LogP contribution in [0.25, 0.3) is 5.57 Å². The van der Waals surface area contributed by atoms with E-state index in [0.29, 0.717) is 21.8 Å². The summed E-state index contributed by atoms with van der Waals surface area (Å²) in [7, 11) is 0. The molecule has 4 nitrogen and oxygen atoms in total. The first kappa shape index (κ1) is 12.6. The largest absolute Gasteiger partial charge is 0.321 e. The second-order valence-electron chi connectivity index (χ2n) is 4.28. The molecule has 0 radical (unpaired) electrons.